The normalized spacial score (nSPS) is 11.8. The number of hydrogen-bond donors (Lipinski definition) is 2. The van der Waals surface area contributed by atoms with Crippen molar-refractivity contribution in [3.63, 3.8) is 0 Å². The highest BCUT2D eigenvalue weighted by atomic mass is 16.2. The molecule has 0 bridgehead atoms. The molecule has 0 aliphatic carbocycles. The number of benzene rings is 1. The van der Waals surface area contributed by atoms with Gasteiger partial charge in [0.2, 0.25) is 0 Å². The first-order valence-corrected chi connectivity index (χ1v) is 6.88. The van der Waals surface area contributed by atoms with Gasteiger partial charge in [-0.05, 0) is 12.1 Å². The third kappa shape index (κ3) is 2.54. The second-order valence-corrected chi connectivity index (χ2v) is 6.09. The number of nitrogens with zero attached hydrogens (tertiary/aromatic N) is 2. The summed E-state index contributed by atoms with van der Waals surface area (Å²) in [5.41, 5.74) is 1.83. The smallest absolute Gasteiger partial charge is 0.290 e. The zero-order chi connectivity index (χ0) is 15.0. The van der Waals surface area contributed by atoms with Gasteiger partial charge in [0.15, 0.2) is 5.82 Å². The van der Waals surface area contributed by atoms with Crippen molar-refractivity contribution in [2.24, 2.45) is 0 Å². The van der Waals surface area contributed by atoms with E-state index in [1.54, 1.807) is 10.8 Å². The van der Waals surface area contributed by atoms with E-state index >= 15 is 0 Å². The Balaban J connectivity index is 1.85. The van der Waals surface area contributed by atoms with Gasteiger partial charge in [0.1, 0.15) is 0 Å². The number of carbonyl (C=O) groups is 1. The highest BCUT2D eigenvalue weighted by Crippen LogP contribution is 2.22. The van der Waals surface area contributed by atoms with Gasteiger partial charge < -0.3 is 0 Å². The topological polar surface area (TPSA) is 62.7 Å². The Morgan fingerprint density at radius 3 is 2.71 bits per heavy atom. The fourth-order valence-electron chi connectivity index (χ4n) is 2.20. The maximum absolute atomic E-state index is 12.3. The van der Waals surface area contributed by atoms with Gasteiger partial charge in [0.05, 0.1) is 5.52 Å². The largest absolute Gasteiger partial charge is 0.331 e. The summed E-state index contributed by atoms with van der Waals surface area (Å²) >= 11 is 0. The van der Waals surface area contributed by atoms with Crippen molar-refractivity contribution < 1.29 is 4.79 Å². The molecule has 0 saturated heterocycles. The zero-order valence-corrected chi connectivity index (χ0v) is 12.3. The molecule has 3 aromatic rings. The molecule has 2 N–H and O–H groups in total. The summed E-state index contributed by atoms with van der Waals surface area (Å²) in [5.74, 6) is 0.530. The van der Waals surface area contributed by atoms with Crippen LogP contribution in [0.4, 0.5) is 10.6 Å². The van der Waals surface area contributed by atoms with Gasteiger partial charge in [-0.3, -0.25) is 15.0 Å². The summed E-state index contributed by atoms with van der Waals surface area (Å²) < 4.78 is 1.58. The number of rotatable bonds is 1. The van der Waals surface area contributed by atoms with E-state index in [1.807, 2.05) is 36.4 Å². The predicted octanol–water partition coefficient (Wildman–Crippen LogP) is 3.74. The average Bonchev–Trinajstić information content (AvgIpc) is 3.03. The number of para-hydroxylation sites is 1. The van der Waals surface area contributed by atoms with Crippen LogP contribution < -0.4 is 5.32 Å². The lowest BCUT2D eigenvalue weighted by Gasteiger charge is -2.14. The standard InChI is InChI=1S/C16H18N4O/c1-16(2,3)13-10-14(19-18-13)17-15(21)20-9-8-11-6-4-5-7-12(11)20/h4-10H,1-3H3,(H2,17,18,19,21). The highest BCUT2D eigenvalue weighted by Gasteiger charge is 2.18. The molecule has 0 radical (unpaired) electrons. The molecule has 5 nitrogen and oxygen atoms in total. The summed E-state index contributed by atoms with van der Waals surface area (Å²) in [6, 6.07) is 11.3. The Kier molecular flexibility index (Phi) is 3.05. The van der Waals surface area contributed by atoms with E-state index in [0.717, 1.165) is 16.6 Å². The number of H-pyrrole nitrogens is 1. The number of amides is 1. The lowest BCUT2D eigenvalue weighted by Crippen LogP contribution is -2.18. The molecule has 0 aliphatic heterocycles. The van der Waals surface area contributed by atoms with E-state index in [-0.39, 0.29) is 11.4 Å². The van der Waals surface area contributed by atoms with Crippen LogP contribution in [0.5, 0.6) is 0 Å². The van der Waals surface area contributed by atoms with Gasteiger partial charge in [-0.2, -0.15) is 5.10 Å². The highest BCUT2D eigenvalue weighted by molar-refractivity contribution is 5.97. The van der Waals surface area contributed by atoms with Crippen molar-refractivity contribution >= 4 is 22.8 Å². The summed E-state index contributed by atoms with van der Waals surface area (Å²) in [6.07, 6.45) is 1.76. The first-order chi connectivity index (χ1) is 9.95. The quantitative estimate of drug-likeness (QED) is 0.714. The molecule has 1 aromatic carbocycles. The molecular weight excluding hydrogens is 264 g/mol. The van der Waals surface area contributed by atoms with Crippen LogP contribution in [0.3, 0.4) is 0 Å². The van der Waals surface area contributed by atoms with Crippen molar-refractivity contribution in [3.05, 3.63) is 48.3 Å². The predicted molar refractivity (Wildman–Crippen MR) is 83.6 cm³/mol. The van der Waals surface area contributed by atoms with E-state index in [1.165, 1.54) is 0 Å². The molecular formula is C16H18N4O. The molecule has 1 amide bonds. The molecule has 0 spiro atoms. The number of aromatic amines is 1. The molecule has 3 rings (SSSR count). The van der Waals surface area contributed by atoms with Crippen LogP contribution in [-0.4, -0.2) is 20.8 Å². The van der Waals surface area contributed by atoms with Gasteiger partial charge in [0, 0.05) is 28.8 Å². The Labute approximate surface area is 123 Å². The number of carbonyl (C=O) groups excluding carboxylic acids is 1. The van der Waals surface area contributed by atoms with Gasteiger partial charge in [-0.1, -0.05) is 39.0 Å². The molecule has 0 fully saturated rings. The van der Waals surface area contributed by atoms with Crippen molar-refractivity contribution in [1.29, 1.82) is 0 Å². The van der Waals surface area contributed by atoms with Crippen molar-refractivity contribution in [1.82, 2.24) is 14.8 Å². The monoisotopic (exact) mass is 282 g/mol. The fraction of sp³-hybridized carbons (Fsp3) is 0.250. The number of nitrogens with one attached hydrogen (secondary N) is 2. The number of fused-ring (bicyclic) bond motifs is 1. The van der Waals surface area contributed by atoms with Crippen LogP contribution in [0.1, 0.15) is 26.5 Å². The SMILES string of the molecule is CC(C)(C)c1cc(NC(=O)n2ccc3ccccc32)n[nH]1. The Morgan fingerprint density at radius 2 is 2.00 bits per heavy atom. The van der Waals surface area contributed by atoms with Crippen LogP contribution in [0.25, 0.3) is 10.9 Å². The lowest BCUT2D eigenvalue weighted by atomic mass is 9.92. The van der Waals surface area contributed by atoms with Gasteiger partial charge in [0.25, 0.3) is 0 Å². The van der Waals surface area contributed by atoms with E-state index in [2.05, 4.69) is 36.3 Å². The summed E-state index contributed by atoms with van der Waals surface area (Å²) in [7, 11) is 0. The average molecular weight is 282 g/mol. The Morgan fingerprint density at radius 1 is 1.24 bits per heavy atom. The van der Waals surface area contributed by atoms with Crippen molar-refractivity contribution in [2.45, 2.75) is 26.2 Å². The second-order valence-electron chi connectivity index (χ2n) is 6.09. The van der Waals surface area contributed by atoms with Gasteiger partial charge in [-0.15, -0.1) is 0 Å². The maximum atomic E-state index is 12.3. The summed E-state index contributed by atoms with van der Waals surface area (Å²) in [6.45, 7) is 6.27. The molecule has 0 saturated carbocycles. The molecule has 2 aromatic heterocycles. The van der Waals surface area contributed by atoms with Crippen molar-refractivity contribution in [2.75, 3.05) is 5.32 Å². The van der Waals surface area contributed by atoms with Gasteiger partial charge >= 0.3 is 6.03 Å². The van der Waals surface area contributed by atoms with Crippen LogP contribution >= 0.6 is 0 Å². The van der Waals surface area contributed by atoms with E-state index in [0.29, 0.717) is 5.82 Å². The summed E-state index contributed by atoms with van der Waals surface area (Å²) in [4.78, 5) is 12.3. The molecule has 2 heterocycles. The molecule has 0 unspecified atom stereocenters. The third-order valence-corrected chi connectivity index (χ3v) is 3.44. The van der Waals surface area contributed by atoms with E-state index in [4.69, 9.17) is 0 Å². The molecule has 0 atom stereocenters. The van der Waals surface area contributed by atoms with Crippen LogP contribution in [0.15, 0.2) is 42.6 Å². The minimum Gasteiger partial charge on any atom is -0.290 e. The third-order valence-electron chi connectivity index (χ3n) is 3.44. The molecule has 0 aliphatic rings. The first-order valence-electron chi connectivity index (χ1n) is 6.88. The van der Waals surface area contributed by atoms with E-state index in [9.17, 15) is 4.79 Å². The van der Waals surface area contributed by atoms with E-state index < -0.39 is 0 Å². The first kappa shape index (κ1) is 13.4. The van der Waals surface area contributed by atoms with Crippen molar-refractivity contribution in [3.8, 4) is 0 Å². The maximum Gasteiger partial charge on any atom is 0.331 e. The van der Waals surface area contributed by atoms with Crippen LogP contribution in [-0.2, 0) is 5.41 Å². The number of anilines is 1. The van der Waals surface area contributed by atoms with Crippen LogP contribution in [0, 0.1) is 0 Å². The zero-order valence-electron chi connectivity index (χ0n) is 12.3. The van der Waals surface area contributed by atoms with Gasteiger partial charge in [-0.25, -0.2) is 4.79 Å². The summed E-state index contributed by atoms with van der Waals surface area (Å²) in [5, 5.41) is 10.9. The number of aromatic nitrogens is 3. The Hall–Kier alpha value is -2.56. The Bertz CT molecular complexity index is 792. The molecule has 5 heteroatoms. The second kappa shape index (κ2) is 4.77. The minimum absolute atomic E-state index is 0.0316. The molecule has 108 valence electrons. The fourth-order valence-corrected chi connectivity index (χ4v) is 2.20. The minimum atomic E-state index is -0.219. The number of hydrogen-bond acceptors (Lipinski definition) is 2. The molecule has 21 heavy (non-hydrogen) atoms. The van der Waals surface area contributed by atoms with Crippen LogP contribution in [0.2, 0.25) is 0 Å². The lowest BCUT2D eigenvalue weighted by molar-refractivity contribution is 0.254.